The van der Waals surface area contributed by atoms with Crippen molar-refractivity contribution in [3.63, 3.8) is 0 Å². The second kappa shape index (κ2) is 9.11. The van der Waals surface area contributed by atoms with Gasteiger partial charge in [-0.25, -0.2) is 4.99 Å². The van der Waals surface area contributed by atoms with Crippen LogP contribution in [0.1, 0.15) is 18.5 Å². The van der Waals surface area contributed by atoms with Crippen LogP contribution in [0.4, 0.5) is 11.7 Å². The van der Waals surface area contributed by atoms with Gasteiger partial charge < -0.3 is 19.8 Å². The number of aromatic nitrogens is 1. The average Bonchev–Trinajstić information content (AvgIpc) is 3.26. The summed E-state index contributed by atoms with van der Waals surface area (Å²) in [5.41, 5.74) is 4.04. The number of allylic oxidation sites excluding steroid dienone is 1. The first-order valence-electron chi connectivity index (χ1n) is 10.8. The number of benzene rings is 3. The van der Waals surface area contributed by atoms with Crippen LogP contribution in [0, 0.1) is 0 Å². The quantitative estimate of drug-likeness (QED) is 0.399. The Labute approximate surface area is 196 Å². The molecule has 2 heterocycles. The van der Waals surface area contributed by atoms with E-state index in [-0.39, 0.29) is 5.91 Å². The minimum Gasteiger partial charge on any atom is -0.495 e. The minimum atomic E-state index is -0.538. The molecule has 34 heavy (non-hydrogen) atoms. The number of nitrogens with zero attached hydrogens (tertiary/aromatic N) is 2. The molecule has 4 aromatic rings. The van der Waals surface area contributed by atoms with Gasteiger partial charge in [0.2, 0.25) is 5.96 Å². The van der Waals surface area contributed by atoms with E-state index in [1.165, 1.54) is 0 Å². The van der Waals surface area contributed by atoms with Crippen LogP contribution in [0.3, 0.4) is 0 Å². The van der Waals surface area contributed by atoms with Crippen molar-refractivity contribution < 1.29 is 13.9 Å². The topological polar surface area (TPSA) is 101 Å². The number of guanidine groups is 1. The molecule has 8 heteroatoms. The van der Waals surface area contributed by atoms with Crippen molar-refractivity contribution in [3.05, 3.63) is 95.7 Å². The molecule has 3 N–H and O–H groups in total. The highest BCUT2D eigenvalue weighted by molar-refractivity contribution is 6.08. The number of nitrogens with one attached hydrogen (secondary N) is 3. The fourth-order valence-corrected chi connectivity index (χ4v) is 3.87. The molecule has 0 unspecified atom stereocenters. The maximum Gasteiger partial charge on any atom is 0.302 e. The zero-order chi connectivity index (χ0) is 23.5. The molecule has 5 rings (SSSR count). The Kier molecular flexibility index (Phi) is 5.70. The lowest BCUT2D eigenvalue weighted by Crippen LogP contribution is -2.37. The molecule has 0 saturated heterocycles. The Hall–Kier alpha value is -4.59. The van der Waals surface area contributed by atoms with Crippen LogP contribution in [0.15, 0.2) is 99.5 Å². The van der Waals surface area contributed by atoms with E-state index >= 15 is 0 Å². The van der Waals surface area contributed by atoms with Crippen molar-refractivity contribution in [1.82, 2.24) is 10.3 Å². The number of ether oxygens (including phenoxy) is 1. The zero-order valence-electron chi connectivity index (χ0n) is 18.7. The van der Waals surface area contributed by atoms with Crippen LogP contribution in [0.5, 0.6) is 5.75 Å². The van der Waals surface area contributed by atoms with Gasteiger partial charge in [0, 0.05) is 5.70 Å². The van der Waals surface area contributed by atoms with Crippen LogP contribution in [-0.2, 0) is 4.79 Å². The Morgan fingerprint density at radius 1 is 1.00 bits per heavy atom. The van der Waals surface area contributed by atoms with Gasteiger partial charge in [0.05, 0.1) is 18.4 Å². The third-order valence-electron chi connectivity index (χ3n) is 5.48. The summed E-state index contributed by atoms with van der Waals surface area (Å²) >= 11 is 0. The van der Waals surface area contributed by atoms with Crippen molar-refractivity contribution in [1.29, 1.82) is 0 Å². The summed E-state index contributed by atoms with van der Waals surface area (Å²) in [4.78, 5) is 22.7. The van der Waals surface area contributed by atoms with Crippen LogP contribution >= 0.6 is 0 Å². The summed E-state index contributed by atoms with van der Waals surface area (Å²) in [6.45, 7) is 1.84. The number of oxazole rings is 1. The van der Waals surface area contributed by atoms with E-state index in [2.05, 4.69) is 20.9 Å². The zero-order valence-corrected chi connectivity index (χ0v) is 18.7. The van der Waals surface area contributed by atoms with Crippen molar-refractivity contribution in [3.8, 4) is 5.75 Å². The maximum atomic E-state index is 13.4. The third kappa shape index (κ3) is 4.21. The first kappa shape index (κ1) is 21.3. The Bertz CT molecular complexity index is 1380. The molecule has 170 valence electrons. The van der Waals surface area contributed by atoms with Gasteiger partial charge in [0.25, 0.3) is 5.91 Å². The van der Waals surface area contributed by atoms with Crippen molar-refractivity contribution >= 4 is 34.7 Å². The molecule has 0 fully saturated rings. The van der Waals surface area contributed by atoms with Crippen LogP contribution in [-0.4, -0.2) is 24.0 Å². The summed E-state index contributed by atoms with van der Waals surface area (Å²) < 4.78 is 11.2. The van der Waals surface area contributed by atoms with Gasteiger partial charge >= 0.3 is 6.01 Å². The number of hydrogen-bond donors (Lipinski definition) is 3. The highest BCUT2D eigenvalue weighted by atomic mass is 16.5. The molecule has 1 atom stereocenters. The number of carbonyl (C=O) groups is 1. The monoisotopic (exact) mass is 453 g/mol. The predicted molar refractivity (Wildman–Crippen MR) is 132 cm³/mol. The molecule has 0 saturated carbocycles. The first-order valence-corrected chi connectivity index (χ1v) is 10.8. The number of fused-ring (bicyclic) bond motifs is 1. The summed E-state index contributed by atoms with van der Waals surface area (Å²) in [7, 11) is 1.57. The van der Waals surface area contributed by atoms with E-state index in [0.717, 1.165) is 11.1 Å². The lowest BCUT2D eigenvalue weighted by atomic mass is 9.95. The fourth-order valence-electron chi connectivity index (χ4n) is 3.87. The summed E-state index contributed by atoms with van der Waals surface area (Å²) in [6.07, 6.45) is 0. The second-order valence-electron chi connectivity index (χ2n) is 7.72. The molecule has 1 aromatic heterocycles. The van der Waals surface area contributed by atoms with Crippen LogP contribution in [0.2, 0.25) is 0 Å². The van der Waals surface area contributed by atoms with Crippen molar-refractivity contribution in [2.45, 2.75) is 13.0 Å². The molecule has 1 aliphatic rings. The number of amides is 1. The van der Waals surface area contributed by atoms with Gasteiger partial charge in [0.1, 0.15) is 17.3 Å². The molecule has 0 bridgehead atoms. The number of hydrogen-bond acceptors (Lipinski definition) is 7. The molecular formula is C26H23N5O3. The molecule has 3 aromatic carbocycles. The molecular weight excluding hydrogens is 430 g/mol. The lowest BCUT2D eigenvalue weighted by molar-refractivity contribution is -0.113. The molecule has 1 amide bonds. The van der Waals surface area contributed by atoms with E-state index in [4.69, 9.17) is 14.1 Å². The SMILES string of the molecule is COc1ccccc1NC(=O)C1=C(C)NC(Nc2nc3ccccc3o2)=N[C@H]1c1ccccc1. The number of para-hydroxylation sites is 4. The van der Waals surface area contributed by atoms with E-state index in [9.17, 15) is 4.79 Å². The molecule has 8 nitrogen and oxygen atoms in total. The highest BCUT2D eigenvalue weighted by Gasteiger charge is 2.30. The van der Waals surface area contributed by atoms with E-state index in [1.807, 2.05) is 73.7 Å². The van der Waals surface area contributed by atoms with Gasteiger partial charge in [0.15, 0.2) is 5.58 Å². The maximum absolute atomic E-state index is 13.4. The minimum absolute atomic E-state index is 0.270. The Balaban J connectivity index is 1.47. The Morgan fingerprint density at radius 2 is 1.74 bits per heavy atom. The van der Waals surface area contributed by atoms with Gasteiger partial charge in [-0.1, -0.05) is 54.6 Å². The van der Waals surface area contributed by atoms with Crippen LogP contribution < -0.4 is 20.7 Å². The van der Waals surface area contributed by atoms with Crippen molar-refractivity contribution in [2.75, 3.05) is 17.7 Å². The van der Waals surface area contributed by atoms with Gasteiger partial charge in [-0.05, 0) is 36.8 Å². The molecule has 0 spiro atoms. The lowest BCUT2D eigenvalue weighted by Gasteiger charge is -2.26. The number of anilines is 2. The molecule has 1 aliphatic heterocycles. The van der Waals surface area contributed by atoms with Crippen molar-refractivity contribution in [2.24, 2.45) is 4.99 Å². The number of methoxy groups -OCH3 is 1. The Morgan fingerprint density at radius 3 is 2.53 bits per heavy atom. The van der Waals surface area contributed by atoms with Gasteiger partial charge in [-0.15, -0.1) is 0 Å². The largest absolute Gasteiger partial charge is 0.495 e. The second-order valence-corrected chi connectivity index (χ2v) is 7.72. The molecule has 0 aliphatic carbocycles. The van der Waals surface area contributed by atoms with Crippen LogP contribution in [0.25, 0.3) is 11.1 Å². The number of rotatable bonds is 5. The van der Waals surface area contributed by atoms with E-state index in [0.29, 0.717) is 40.3 Å². The normalized spacial score (nSPS) is 15.5. The standard InChI is InChI=1S/C26H23N5O3/c1-16-22(24(32)28-18-12-6-8-14-20(18)33-2)23(17-10-4-3-5-11-17)30-25(27-16)31-26-29-19-13-7-9-15-21(19)34-26/h3-15,23H,1-2H3,(H,28,32)(H2,27,29,30,31)/t23-/m0/s1. The number of carbonyl (C=O) groups excluding carboxylic acids is 1. The first-order chi connectivity index (χ1) is 16.6. The number of aliphatic imine (C=N–C) groups is 1. The van der Waals surface area contributed by atoms with Gasteiger partial charge in [-0.2, -0.15) is 4.98 Å². The molecule has 0 radical (unpaired) electrons. The average molecular weight is 454 g/mol. The van der Waals surface area contributed by atoms with E-state index in [1.54, 1.807) is 19.2 Å². The predicted octanol–water partition coefficient (Wildman–Crippen LogP) is 4.86. The summed E-state index contributed by atoms with van der Waals surface area (Å²) in [5, 5.41) is 9.25. The smallest absolute Gasteiger partial charge is 0.302 e. The fraction of sp³-hybridized carbons (Fsp3) is 0.115. The van der Waals surface area contributed by atoms with Gasteiger partial charge in [-0.3, -0.25) is 10.1 Å². The van der Waals surface area contributed by atoms with E-state index < -0.39 is 6.04 Å². The summed E-state index contributed by atoms with van der Waals surface area (Å²) in [6, 6.07) is 24.2. The highest BCUT2D eigenvalue weighted by Crippen LogP contribution is 2.33. The summed E-state index contributed by atoms with van der Waals surface area (Å²) in [5.74, 6) is 0.746. The third-order valence-corrected chi connectivity index (χ3v) is 5.48.